The molecular weight excluding hydrogens is 245 g/mol. The van der Waals surface area contributed by atoms with Gasteiger partial charge < -0.3 is 10.1 Å². The summed E-state index contributed by atoms with van der Waals surface area (Å²) < 4.78 is 18.2. The molecule has 1 unspecified atom stereocenters. The van der Waals surface area contributed by atoms with E-state index in [1.165, 1.54) is 13.2 Å². The van der Waals surface area contributed by atoms with Crippen molar-refractivity contribution in [3.63, 3.8) is 0 Å². The lowest BCUT2D eigenvalue weighted by Crippen LogP contribution is -2.38. The van der Waals surface area contributed by atoms with Crippen LogP contribution in [-0.4, -0.2) is 25.7 Å². The molecule has 0 bridgehead atoms. The first-order valence-corrected chi connectivity index (χ1v) is 6.73. The number of halogens is 1. The standard InChI is InChI=1S/C15H22FNO2/c1-3-4-9-14(15(18)19-2)17-11-10-12-7-5-6-8-13(12)16/h5-8,14,17H,3-4,9-11H2,1-2H3. The number of benzene rings is 1. The fourth-order valence-electron chi connectivity index (χ4n) is 1.94. The summed E-state index contributed by atoms with van der Waals surface area (Å²) in [4.78, 5) is 11.6. The van der Waals surface area contributed by atoms with E-state index in [1.54, 1.807) is 12.1 Å². The average molecular weight is 267 g/mol. The molecular formula is C15H22FNO2. The Morgan fingerprint density at radius 3 is 2.79 bits per heavy atom. The molecule has 106 valence electrons. The van der Waals surface area contributed by atoms with E-state index >= 15 is 0 Å². The number of ether oxygens (including phenoxy) is 1. The highest BCUT2D eigenvalue weighted by molar-refractivity contribution is 5.75. The molecule has 0 aliphatic rings. The highest BCUT2D eigenvalue weighted by Crippen LogP contribution is 2.07. The number of methoxy groups -OCH3 is 1. The van der Waals surface area contributed by atoms with Crippen molar-refractivity contribution >= 4 is 5.97 Å². The van der Waals surface area contributed by atoms with Crippen LogP contribution >= 0.6 is 0 Å². The molecule has 1 rings (SSSR count). The van der Waals surface area contributed by atoms with E-state index in [9.17, 15) is 9.18 Å². The van der Waals surface area contributed by atoms with Crippen molar-refractivity contribution in [2.45, 2.75) is 38.6 Å². The first-order valence-electron chi connectivity index (χ1n) is 6.73. The molecule has 0 aromatic heterocycles. The Morgan fingerprint density at radius 2 is 2.16 bits per heavy atom. The normalized spacial score (nSPS) is 12.2. The molecule has 0 spiro atoms. The molecule has 19 heavy (non-hydrogen) atoms. The Bertz CT molecular complexity index is 395. The number of hydrogen-bond acceptors (Lipinski definition) is 3. The number of hydrogen-bond donors (Lipinski definition) is 1. The van der Waals surface area contributed by atoms with Crippen molar-refractivity contribution in [1.29, 1.82) is 0 Å². The minimum Gasteiger partial charge on any atom is -0.468 e. The van der Waals surface area contributed by atoms with E-state index in [4.69, 9.17) is 4.74 Å². The smallest absolute Gasteiger partial charge is 0.322 e. The molecule has 0 aliphatic carbocycles. The molecule has 1 aromatic rings. The zero-order valence-electron chi connectivity index (χ0n) is 11.6. The van der Waals surface area contributed by atoms with Crippen LogP contribution in [0.1, 0.15) is 31.7 Å². The van der Waals surface area contributed by atoms with Crippen LogP contribution in [0.15, 0.2) is 24.3 Å². The Balaban J connectivity index is 2.43. The second-order valence-corrected chi connectivity index (χ2v) is 4.51. The third kappa shape index (κ3) is 5.39. The van der Waals surface area contributed by atoms with Gasteiger partial charge in [0.1, 0.15) is 11.9 Å². The molecule has 0 heterocycles. The molecule has 0 amide bonds. The van der Waals surface area contributed by atoms with E-state index in [2.05, 4.69) is 12.2 Å². The number of carbonyl (C=O) groups is 1. The summed E-state index contributed by atoms with van der Waals surface area (Å²) in [6.45, 7) is 2.64. The number of rotatable bonds is 8. The summed E-state index contributed by atoms with van der Waals surface area (Å²) in [5, 5.41) is 3.14. The van der Waals surface area contributed by atoms with Crippen LogP contribution in [0.3, 0.4) is 0 Å². The molecule has 1 N–H and O–H groups in total. The van der Waals surface area contributed by atoms with Crippen LogP contribution in [0.25, 0.3) is 0 Å². The Labute approximate surface area is 114 Å². The van der Waals surface area contributed by atoms with Crippen molar-refractivity contribution in [2.75, 3.05) is 13.7 Å². The van der Waals surface area contributed by atoms with Crippen LogP contribution in [0, 0.1) is 5.82 Å². The summed E-state index contributed by atoms with van der Waals surface area (Å²) in [7, 11) is 1.39. The number of unbranched alkanes of at least 4 members (excludes halogenated alkanes) is 1. The average Bonchev–Trinajstić information content (AvgIpc) is 2.43. The van der Waals surface area contributed by atoms with Gasteiger partial charge in [-0.05, 0) is 24.5 Å². The van der Waals surface area contributed by atoms with Gasteiger partial charge in [0, 0.05) is 6.54 Å². The molecule has 0 saturated carbocycles. The van der Waals surface area contributed by atoms with Gasteiger partial charge in [0.25, 0.3) is 0 Å². The van der Waals surface area contributed by atoms with Crippen LogP contribution < -0.4 is 5.32 Å². The molecule has 0 radical (unpaired) electrons. The van der Waals surface area contributed by atoms with E-state index in [1.807, 2.05) is 6.07 Å². The largest absolute Gasteiger partial charge is 0.468 e. The van der Waals surface area contributed by atoms with Crippen molar-refractivity contribution in [3.8, 4) is 0 Å². The fraction of sp³-hybridized carbons (Fsp3) is 0.533. The molecule has 1 atom stereocenters. The second-order valence-electron chi connectivity index (χ2n) is 4.51. The van der Waals surface area contributed by atoms with Gasteiger partial charge in [0.2, 0.25) is 0 Å². The van der Waals surface area contributed by atoms with Gasteiger partial charge in [0.15, 0.2) is 0 Å². The Hall–Kier alpha value is -1.42. The third-order valence-corrected chi connectivity index (χ3v) is 3.07. The third-order valence-electron chi connectivity index (χ3n) is 3.07. The monoisotopic (exact) mass is 267 g/mol. The van der Waals surface area contributed by atoms with E-state index in [-0.39, 0.29) is 17.8 Å². The first kappa shape index (κ1) is 15.6. The van der Waals surface area contributed by atoms with Crippen molar-refractivity contribution in [1.82, 2.24) is 5.32 Å². The van der Waals surface area contributed by atoms with Crippen LogP contribution in [0.4, 0.5) is 4.39 Å². The zero-order chi connectivity index (χ0) is 14.1. The Morgan fingerprint density at radius 1 is 1.42 bits per heavy atom. The lowest BCUT2D eigenvalue weighted by atomic mass is 10.1. The van der Waals surface area contributed by atoms with Gasteiger partial charge in [-0.25, -0.2) is 4.39 Å². The highest BCUT2D eigenvalue weighted by Gasteiger charge is 2.17. The maximum Gasteiger partial charge on any atom is 0.322 e. The molecule has 1 aromatic carbocycles. The SMILES string of the molecule is CCCCC(NCCc1ccccc1F)C(=O)OC. The van der Waals surface area contributed by atoms with Gasteiger partial charge >= 0.3 is 5.97 Å². The van der Waals surface area contributed by atoms with Crippen LogP contribution in [-0.2, 0) is 16.0 Å². The minimum absolute atomic E-state index is 0.201. The predicted octanol–water partition coefficient (Wildman–Crippen LogP) is 2.69. The topological polar surface area (TPSA) is 38.3 Å². The van der Waals surface area contributed by atoms with Gasteiger partial charge in [-0.1, -0.05) is 38.0 Å². The molecule has 0 fully saturated rings. The first-order chi connectivity index (χ1) is 9.19. The minimum atomic E-state index is -0.295. The van der Waals surface area contributed by atoms with Crippen LogP contribution in [0.2, 0.25) is 0 Å². The quantitative estimate of drug-likeness (QED) is 0.736. The molecule has 4 heteroatoms. The van der Waals surface area contributed by atoms with E-state index < -0.39 is 0 Å². The summed E-state index contributed by atoms with van der Waals surface area (Å²) >= 11 is 0. The number of esters is 1. The number of nitrogens with one attached hydrogen (secondary N) is 1. The summed E-state index contributed by atoms with van der Waals surface area (Å²) in [6, 6.07) is 6.40. The van der Waals surface area contributed by atoms with Gasteiger partial charge in [-0.3, -0.25) is 4.79 Å². The van der Waals surface area contributed by atoms with Crippen molar-refractivity contribution in [3.05, 3.63) is 35.6 Å². The molecule has 3 nitrogen and oxygen atoms in total. The van der Waals surface area contributed by atoms with Crippen molar-refractivity contribution in [2.24, 2.45) is 0 Å². The van der Waals surface area contributed by atoms with Gasteiger partial charge in [-0.2, -0.15) is 0 Å². The second kappa shape index (κ2) is 8.64. The Kier molecular flexibility index (Phi) is 7.11. The summed E-state index contributed by atoms with van der Waals surface area (Å²) in [6.07, 6.45) is 3.31. The number of carbonyl (C=O) groups excluding carboxylic acids is 1. The predicted molar refractivity (Wildman–Crippen MR) is 73.4 cm³/mol. The maximum atomic E-state index is 13.4. The van der Waals surface area contributed by atoms with Gasteiger partial charge in [-0.15, -0.1) is 0 Å². The lowest BCUT2D eigenvalue weighted by Gasteiger charge is -2.16. The van der Waals surface area contributed by atoms with Crippen molar-refractivity contribution < 1.29 is 13.9 Å². The zero-order valence-corrected chi connectivity index (χ0v) is 11.6. The molecule has 0 saturated heterocycles. The summed E-state index contributed by atoms with van der Waals surface area (Å²) in [5.74, 6) is -0.450. The van der Waals surface area contributed by atoms with E-state index in [0.717, 1.165) is 19.3 Å². The highest BCUT2D eigenvalue weighted by atomic mass is 19.1. The fourth-order valence-corrected chi connectivity index (χ4v) is 1.94. The maximum absolute atomic E-state index is 13.4. The summed E-state index contributed by atoms with van der Waals surface area (Å²) in [5.41, 5.74) is 0.661. The molecule has 0 aliphatic heterocycles. The van der Waals surface area contributed by atoms with Crippen LogP contribution in [0.5, 0.6) is 0 Å². The lowest BCUT2D eigenvalue weighted by molar-refractivity contribution is -0.143. The van der Waals surface area contributed by atoms with E-state index in [0.29, 0.717) is 18.5 Å². The van der Waals surface area contributed by atoms with Gasteiger partial charge in [0.05, 0.1) is 7.11 Å².